The Kier molecular flexibility index (Phi) is 5.23. The Morgan fingerprint density at radius 2 is 1.52 bits per heavy atom. The lowest BCUT2D eigenvalue weighted by Crippen LogP contribution is -2.35. The topological polar surface area (TPSA) is 12.0 Å². The summed E-state index contributed by atoms with van der Waals surface area (Å²) in [6.07, 6.45) is 0. The summed E-state index contributed by atoms with van der Waals surface area (Å²) in [5.41, 5.74) is 3.97. The average Bonchev–Trinajstić information content (AvgIpc) is 2.46. The van der Waals surface area contributed by atoms with E-state index < -0.39 is 0 Å². The largest absolute Gasteiger partial charge is 0.304 e. The lowest BCUT2D eigenvalue weighted by molar-refractivity contribution is 0.401. The van der Waals surface area contributed by atoms with Gasteiger partial charge in [0.05, 0.1) is 0 Å². The molecule has 1 N–H and O–H groups in total. The van der Waals surface area contributed by atoms with Crippen LogP contribution in [0, 0.1) is 0 Å². The molecule has 0 amide bonds. The molecule has 0 atom stereocenters. The van der Waals surface area contributed by atoms with Gasteiger partial charge in [-0.25, -0.2) is 0 Å². The second-order valence-electron chi connectivity index (χ2n) is 6.38. The molecule has 21 heavy (non-hydrogen) atoms. The normalized spacial score (nSPS) is 11.9. The molecule has 2 rings (SSSR count). The number of nitrogens with one attached hydrogen (secondary N) is 1. The van der Waals surface area contributed by atoms with Gasteiger partial charge in [-0.05, 0) is 48.6 Å². The van der Waals surface area contributed by atoms with Crippen LogP contribution in [-0.2, 0) is 12.1 Å². The standard InChI is InChI=1S/C19H24BrN/c1-14(2)16-7-5-15(6-8-16)13-21-19(3,4)17-9-11-18(20)12-10-17/h5-12,14,21H,13H2,1-4H3. The maximum absolute atomic E-state index is 3.64. The van der Waals surface area contributed by atoms with Gasteiger partial charge in [-0.1, -0.05) is 66.2 Å². The number of halogens is 1. The van der Waals surface area contributed by atoms with Crippen LogP contribution < -0.4 is 5.32 Å². The van der Waals surface area contributed by atoms with Crippen LogP contribution in [0.4, 0.5) is 0 Å². The van der Waals surface area contributed by atoms with Crippen LogP contribution in [0.2, 0.25) is 0 Å². The highest BCUT2D eigenvalue weighted by atomic mass is 79.9. The molecule has 0 aliphatic rings. The van der Waals surface area contributed by atoms with E-state index in [1.54, 1.807) is 0 Å². The van der Waals surface area contributed by atoms with Gasteiger partial charge in [0.15, 0.2) is 0 Å². The fourth-order valence-electron chi connectivity index (χ4n) is 2.31. The van der Waals surface area contributed by atoms with Gasteiger partial charge in [-0.2, -0.15) is 0 Å². The second-order valence-corrected chi connectivity index (χ2v) is 7.30. The molecule has 2 heteroatoms. The molecule has 0 bridgehead atoms. The maximum Gasteiger partial charge on any atom is 0.0380 e. The van der Waals surface area contributed by atoms with Crippen LogP contribution in [0.15, 0.2) is 53.0 Å². The Morgan fingerprint density at radius 3 is 2.05 bits per heavy atom. The first-order valence-corrected chi connectivity index (χ1v) is 8.28. The van der Waals surface area contributed by atoms with Gasteiger partial charge in [0, 0.05) is 16.6 Å². The zero-order valence-corrected chi connectivity index (χ0v) is 14.9. The van der Waals surface area contributed by atoms with E-state index in [0.717, 1.165) is 11.0 Å². The fraction of sp³-hybridized carbons (Fsp3) is 0.368. The fourth-order valence-corrected chi connectivity index (χ4v) is 2.58. The van der Waals surface area contributed by atoms with Gasteiger partial charge in [0.2, 0.25) is 0 Å². The van der Waals surface area contributed by atoms with Crippen LogP contribution in [0.5, 0.6) is 0 Å². The van der Waals surface area contributed by atoms with E-state index in [-0.39, 0.29) is 5.54 Å². The molecule has 0 fully saturated rings. The smallest absolute Gasteiger partial charge is 0.0380 e. The van der Waals surface area contributed by atoms with Crippen LogP contribution in [0.1, 0.15) is 50.3 Å². The van der Waals surface area contributed by atoms with Crippen molar-refractivity contribution in [3.8, 4) is 0 Å². The molecule has 0 aliphatic heterocycles. The Bertz CT molecular complexity index is 568. The highest BCUT2D eigenvalue weighted by Crippen LogP contribution is 2.23. The van der Waals surface area contributed by atoms with E-state index in [2.05, 4.69) is 97.5 Å². The van der Waals surface area contributed by atoms with Gasteiger partial charge in [-0.3, -0.25) is 0 Å². The summed E-state index contributed by atoms with van der Waals surface area (Å²) < 4.78 is 1.12. The van der Waals surface area contributed by atoms with Gasteiger partial charge in [-0.15, -0.1) is 0 Å². The first-order valence-electron chi connectivity index (χ1n) is 7.48. The molecule has 0 radical (unpaired) electrons. The molecule has 0 aliphatic carbocycles. The summed E-state index contributed by atoms with van der Waals surface area (Å²) in [6.45, 7) is 9.77. The van der Waals surface area contributed by atoms with E-state index in [1.165, 1.54) is 16.7 Å². The SMILES string of the molecule is CC(C)c1ccc(CNC(C)(C)c2ccc(Br)cc2)cc1. The van der Waals surface area contributed by atoms with E-state index in [9.17, 15) is 0 Å². The van der Waals surface area contributed by atoms with Crippen LogP contribution in [0.3, 0.4) is 0 Å². The lowest BCUT2D eigenvalue weighted by atomic mass is 9.94. The van der Waals surface area contributed by atoms with E-state index in [1.807, 2.05) is 0 Å². The number of benzene rings is 2. The van der Waals surface area contributed by atoms with Crippen LogP contribution in [0.25, 0.3) is 0 Å². The van der Waals surface area contributed by atoms with Crippen molar-refractivity contribution < 1.29 is 0 Å². The lowest BCUT2D eigenvalue weighted by Gasteiger charge is -2.27. The molecule has 0 aromatic heterocycles. The molecule has 112 valence electrons. The first-order chi connectivity index (χ1) is 9.88. The summed E-state index contributed by atoms with van der Waals surface area (Å²) in [5, 5.41) is 3.64. The molecule has 2 aromatic rings. The van der Waals surface area contributed by atoms with E-state index in [0.29, 0.717) is 5.92 Å². The molecular formula is C19H24BrN. The van der Waals surface area contributed by atoms with Gasteiger partial charge in [0.1, 0.15) is 0 Å². The Hall–Kier alpha value is -1.12. The van der Waals surface area contributed by atoms with Crippen molar-refractivity contribution in [1.29, 1.82) is 0 Å². The zero-order valence-electron chi connectivity index (χ0n) is 13.3. The second kappa shape index (κ2) is 6.76. The van der Waals surface area contributed by atoms with Crippen molar-refractivity contribution in [1.82, 2.24) is 5.32 Å². The van der Waals surface area contributed by atoms with Crippen molar-refractivity contribution in [2.45, 2.75) is 45.7 Å². The average molecular weight is 346 g/mol. The van der Waals surface area contributed by atoms with Crippen molar-refractivity contribution in [3.05, 3.63) is 69.7 Å². The van der Waals surface area contributed by atoms with Crippen molar-refractivity contribution in [3.63, 3.8) is 0 Å². The number of hydrogen-bond acceptors (Lipinski definition) is 1. The summed E-state index contributed by atoms with van der Waals surface area (Å²) >= 11 is 3.49. The van der Waals surface area contributed by atoms with Crippen molar-refractivity contribution >= 4 is 15.9 Å². The third-order valence-electron chi connectivity index (χ3n) is 3.95. The van der Waals surface area contributed by atoms with Crippen molar-refractivity contribution in [2.24, 2.45) is 0 Å². The minimum Gasteiger partial charge on any atom is -0.304 e. The molecule has 0 saturated carbocycles. The molecule has 0 heterocycles. The van der Waals surface area contributed by atoms with Crippen LogP contribution in [-0.4, -0.2) is 0 Å². The summed E-state index contributed by atoms with van der Waals surface area (Å²) in [6, 6.07) is 17.4. The van der Waals surface area contributed by atoms with E-state index >= 15 is 0 Å². The Morgan fingerprint density at radius 1 is 0.952 bits per heavy atom. The molecule has 0 spiro atoms. The summed E-state index contributed by atoms with van der Waals surface area (Å²) in [4.78, 5) is 0. The van der Waals surface area contributed by atoms with Crippen LogP contribution >= 0.6 is 15.9 Å². The zero-order chi connectivity index (χ0) is 15.5. The third-order valence-corrected chi connectivity index (χ3v) is 4.48. The van der Waals surface area contributed by atoms with Gasteiger partial charge >= 0.3 is 0 Å². The first kappa shape index (κ1) is 16.3. The highest BCUT2D eigenvalue weighted by molar-refractivity contribution is 9.10. The number of hydrogen-bond donors (Lipinski definition) is 1. The highest BCUT2D eigenvalue weighted by Gasteiger charge is 2.19. The molecule has 0 unspecified atom stereocenters. The number of rotatable bonds is 5. The quantitative estimate of drug-likeness (QED) is 0.743. The van der Waals surface area contributed by atoms with Crippen molar-refractivity contribution in [2.75, 3.05) is 0 Å². The van der Waals surface area contributed by atoms with Gasteiger partial charge < -0.3 is 5.32 Å². The molecule has 2 aromatic carbocycles. The van der Waals surface area contributed by atoms with E-state index in [4.69, 9.17) is 0 Å². The molecule has 0 saturated heterocycles. The minimum atomic E-state index is -0.0442. The molecule has 1 nitrogen and oxygen atoms in total. The summed E-state index contributed by atoms with van der Waals surface area (Å²) in [7, 11) is 0. The minimum absolute atomic E-state index is 0.0442. The van der Waals surface area contributed by atoms with Gasteiger partial charge in [0.25, 0.3) is 0 Å². The monoisotopic (exact) mass is 345 g/mol. The third kappa shape index (κ3) is 4.42. The predicted molar refractivity (Wildman–Crippen MR) is 94.5 cm³/mol. The molecular weight excluding hydrogens is 322 g/mol. The predicted octanol–water partition coefficient (Wildman–Crippen LogP) is 5.60. The Balaban J connectivity index is 2.02. The Labute approximate surface area is 136 Å². The summed E-state index contributed by atoms with van der Waals surface area (Å²) in [5.74, 6) is 0.589. The maximum atomic E-state index is 3.64.